The van der Waals surface area contributed by atoms with E-state index in [1.54, 1.807) is 6.07 Å². The Labute approximate surface area is 220 Å². The van der Waals surface area contributed by atoms with Crippen molar-refractivity contribution in [2.24, 2.45) is 5.92 Å². The Balaban J connectivity index is 1.32. The molecule has 2 fully saturated rings. The van der Waals surface area contributed by atoms with Gasteiger partial charge in [0.25, 0.3) is 5.91 Å². The van der Waals surface area contributed by atoms with Gasteiger partial charge in [-0.3, -0.25) is 14.9 Å². The van der Waals surface area contributed by atoms with Crippen LogP contribution in [0.5, 0.6) is 0 Å². The van der Waals surface area contributed by atoms with Gasteiger partial charge in [0.2, 0.25) is 0 Å². The van der Waals surface area contributed by atoms with E-state index in [0.717, 1.165) is 41.5 Å². The highest BCUT2D eigenvalue weighted by atomic mass is 35.5. The van der Waals surface area contributed by atoms with Gasteiger partial charge < -0.3 is 14.9 Å². The average molecular weight is 553 g/mol. The molecule has 35 heavy (non-hydrogen) atoms. The molecule has 12 heteroatoms. The molecule has 2 aliphatic rings. The maximum absolute atomic E-state index is 13.0. The molecular formula is C23H23Cl2N5O3S2. The van der Waals surface area contributed by atoms with E-state index in [0.29, 0.717) is 52.5 Å². The van der Waals surface area contributed by atoms with E-state index < -0.39 is 5.97 Å². The van der Waals surface area contributed by atoms with Crippen LogP contribution in [0.3, 0.4) is 0 Å². The van der Waals surface area contributed by atoms with Gasteiger partial charge in [-0.05, 0) is 37.8 Å². The normalized spacial score (nSPS) is 16.6. The molecule has 0 saturated carbocycles. The summed E-state index contributed by atoms with van der Waals surface area (Å²) in [5.41, 5.74) is 1.16. The number of amides is 1. The second kappa shape index (κ2) is 10.3. The zero-order chi connectivity index (χ0) is 24.5. The zero-order valence-electron chi connectivity index (χ0n) is 18.7. The van der Waals surface area contributed by atoms with Crippen molar-refractivity contribution < 1.29 is 14.7 Å². The fraction of sp³-hybridized carbons (Fsp3) is 0.391. The largest absolute Gasteiger partial charge is 0.481 e. The van der Waals surface area contributed by atoms with Gasteiger partial charge in [0.05, 0.1) is 26.4 Å². The van der Waals surface area contributed by atoms with Gasteiger partial charge in [0, 0.05) is 37.8 Å². The van der Waals surface area contributed by atoms with Crippen molar-refractivity contribution in [1.82, 2.24) is 9.97 Å². The van der Waals surface area contributed by atoms with Gasteiger partial charge in [-0.15, -0.1) is 11.3 Å². The lowest BCUT2D eigenvalue weighted by Gasteiger charge is -2.31. The number of piperidine rings is 1. The van der Waals surface area contributed by atoms with Gasteiger partial charge in [-0.25, -0.2) is 9.97 Å². The minimum Gasteiger partial charge on any atom is -0.481 e. The third-order valence-corrected chi connectivity index (χ3v) is 8.85. The first-order chi connectivity index (χ1) is 16.9. The molecule has 5 heterocycles. The van der Waals surface area contributed by atoms with Crippen LogP contribution in [0.4, 0.5) is 16.0 Å². The van der Waals surface area contributed by atoms with Crippen molar-refractivity contribution >= 4 is 73.7 Å². The molecule has 184 valence electrons. The van der Waals surface area contributed by atoms with Crippen LogP contribution in [0, 0.1) is 5.92 Å². The Morgan fingerprint density at radius 1 is 1.09 bits per heavy atom. The number of aromatic nitrogens is 2. The number of pyridine rings is 1. The van der Waals surface area contributed by atoms with Crippen molar-refractivity contribution in [2.75, 3.05) is 41.3 Å². The number of thiazole rings is 1. The van der Waals surface area contributed by atoms with Crippen LogP contribution in [0.2, 0.25) is 10.0 Å². The number of aliphatic carboxylic acids is 1. The Morgan fingerprint density at radius 2 is 1.83 bits per heavy atom. The molecule has 3 aromatic rings. The summed E-state index contributed by atoms with van der Waals surface area (Å²) in [7, 11) is 0. The number of carboxylic acid groups (broad SMARTS) is 1. The minimum atomic E-state index is -0.767. The van der Waals surface area contributed by atoms with Crippen LogP contribution >= 0.6 is 45.9 Å². The lowest BCUT2D eigenvalue weighted by molar-refractivity contribution is -0.142. The number of nitrogens with one attached hydrogen (secondary N) is 1. The summed E-state index contributed by atoms with van der Waals surface area (Å²) in [6, 6.07) is 3.49. The fourth-order valence-electron chi connectivity index (χ4n) is 4.39. The first kappa shape index (κ1) is 24.3. The molecule has 0 spiro atoms. The van der Waals surface area contributed by atoms with Crippen LogP contribution in [-0.4, -0.2) is 53.1 Å². The van der Waals surface area contributed by atoms with E-state index in [1.807, 2.05) is 16.3 Å². The summed E-state index contributed by atoms with van der Waals surface area (Å²) < 4.78 is 0. The first-order valence-corrected chi connectivity index (χ1v) is 13.8. The second-order valence-corrected chi connectivity index (χ2v) is 11.3. The maximum atomic E-state index is 13.0. The van der Waals surface area contributed by atoms with Crippen LogP contribution < -0.4 is 15.1 Å². The molecule has 0 bridgehead atoms. The number of hydrogen-bond donors (Lipinski definition) is 2. The van der Waals surface area contributed by atoms with Crippen LogP contribution in [0.25, 0.3) is 10.6 Å². The Hall–Kier alpha value is -2.40. The van der Waals surface area contributed by atoms with Gasteiger partial charge >= 0.3 is 5.97 Å². The molecule has 1 amide bonds. The summed E-state index contributed by atoms with van der Waals surface area (Å²) in [4.78, 5) is 38.6. The molecule has 2 saturated heterocycles. The Kier molecular flexibility index (Phi) is 7.15. The number of thiophene rings is 1. The van der Waals surface area contributed by atoms with Crippen molar-refractivity contribution in [3.05, 3.63) is 39.3 Å². The summed E-state index contributed by atoms with van der Waals surface area (Å²) in [6.07, 6.45) is 4.84. The highest BCUT2D eigenvalue weighted by Gasteiger charge is 2.27. The number of rotatable bonds is 6. The van der Waals surface area contributed by atoms with Gasteiger partial charge in [0.15, 0.2) is 5.13 Å². The molecular weight excluding hydrogens is 529 g/mol. The number of anilines is 3. The zero-order valence-corrected chi connectivity index (χ0v) is 21.8. The first-order valence-electron chi connectivity index (χ1n) is 11.3. The standard InChI is InChI=1S/C23H23Cl2N5O3S2/c24-15-10-17(34-12-15)18-21(30-5-1-2-6-30)35-23(27-18)28-20(31)14-9-16(25)19(26-11-14)29-7-3-13(4-8-29)22(32)33/h9-13H,1-8H2,(H,32,33)(H,27,28,31). The molecule has 0 radical (unpaired) electrons. The molecule has 0 aromatic carbocycles. The molecule has 2 aliphatic heterocycles. The lowest BCUT2D eigenvalue weighted by atomic mass is 9.97. The fourth-order valence-corrected chi connectivity index (χ4v) is 6.84. The van der Waals surface area contributed by atoms with E-state index in [-0.39, 0.29) is 11.8 Å². The predicted molar refractivity (Wildman–Crippen MR) is 142 cm³/mol. The van der Waals surface area contributed by atoms with Gasteiger partial charge in [0.1, 0.15) is 16.5 Å². The number of hydrogen-bond acceptors (Lipinski definition) is 8. The SMILES string of the molecule is O=C(Nc1nc(-c2cc(Cl)cs2)c(N2CCCC2)s1)c1cnc(N2CCC(C(=O)O)CC2)c(Cl)c1. The molecule has 0 aliphatic carbocycles. The van der Waals surface area contributed by atoms with Crippen molar-refractivity contribution in [3.63, 3.8) is 0 Å². The highest BCUT2D eigenvalue weighted by Crippen LogP contribution is 2.43. The van der Waals surface area contributed by atoms with E-state index in [9.17, 15) is 14.7 Å². The monoisotopic (exact) mass is 551 g/mol. The Morgan fingerprint density at radius 3 is 2.46 bits per heavy atom. The maximum Gasteiger partial charge on any atom is 0.306 e. The second-order valence-electron chi connectivity index (χ2n) is 8.58. The molecule has 5 rings (SSSR count). The lowest BCUT2D eigenvalue weighted by Crippen LogP contribution is -2.37. The van der Waals surface area contributed by atoms with Gasteiger partial charge in [-0.1, -0.05) is 34.5 Å². The third-order valence-electron chi connectivity index (χ3n) is 6.25. The van der Waals surface area contributed by atoms with Crippen molar-refractivity contribution in [1.29, 1.82) is 0 Å². The number of carboxylic acids is 1. The van der Waals surface area contributed by atoms with Crippen LogP contribution in [0.15, 0.2) is 23.7 Å². The van der Waals surface area contributed by atoms with Crippen LogP contribution in [-0.2, 0) is 4.79 Å². The van der Waals surface area contributed by atoms with E-state index in [4.69, 9.17) is 28.2 Å². The average Bonchev–Trinajstić information content (AvgIpc) is 3.60. The molecule has 0 unspecified atom stereocenters. The Bertz CT molecular complexity index is 1250. The molecule has 3 aromatic heterocycles. The van der Waals surface area contributed by atoms with E-state index in [1.165, 1.54) is 28.9 Å². The quantitative estimate of drug-likeness (QED) is 0.403. The molecule has 8 nitrogen and oxygen atoms in total. The molecule has 0 atom stereocenters. The number of nitrogens with zero attached hydrogens (tertiary/aromatic N) is 4. The van der Waals surface area contributed by atoms with Crippen molar-refractivity contribution in [2.45, 2.75) is 25.7 Å². The van der Waals surface area contributed by atoms with E-state index >= 15 is 0 Å². The molecule has 2 N–H and O–H groups in total. The minimum absolute atomic E-state index is 0.331. The summed E-state index contributed by atoms with van der Waals surface area (Å²) >= 11 is 15.6. The smallest absolute Gasteiger partial charge is 0.306 e. The predicted octanol–water partition coefficient (Wildman–Crippen LogP) is 5.73. The summed E-state index contributed by atoms with van der Waals surface area (Å²) in [5, 5.41) is 16.5. The number of halogens is 2. The van der Waals surface area contributed by atoms with E-state index in [2.05, 4.69) is 15.2 Å². The summed E-state index contributed by atoms with van der Waals surface area (Å²) in [5.74, 6) is -0.882. The van der Waals surface area contributed by atoms with Crippen LogP contribution in [0.1, 0.15) is 36.0 Å². The highest BCUT2D eigenvalue weighted by molar-refractivity contribution is 7.21. The topological polar surface area (TPSA) is 98.7 Å². The number of carbonyl (C=O) groups is 2. The number of carbonyl (C=O) groups excluding carboxylic acids is 1. The van der Waals surface area contributed by atoms with Crippen molar-refractivity contribution in [3.8, 4) is 10.6 Å². The third kappa shape index (κ3) is 5.25. The van der Waals surface area contributed by atoms with Gasteiger partial charge in [-0.2, -0.15) is 0 Å². The summed E-state index contributed by atoms with van der Waals surface area (Å²) in [6.45, 7) is 3.05.